The molecule has 1 saturated carbocycles. The van der Waals surface area contributed by atoms with Crippen LogP contribution in [-0.2, 0) is 0 Å². The lowest BCUT2D eigenvalue weighted by Crippen LogP contribution is -2.31. The number of hydrogen-bond donors (Lipinski definition) is 0. The first-order valence-electron chi connectivity index (χ1n) is 7.95. The van der Waals surface area contributed by atoms with Crippen molar-refractivity contribution in [3.63, 3.8) is 0 Å². The van der Waals surface area contributed by atoms with Crippen LogP contribution in [0.1, 0.15) is 37.7 Å². The number of hydrogen-bond acceptors (Lipinski definition) is 2. The molecule has 1 aromatic carbocycles. The van der Waals surface area contributed by atoms with Gasteiger partial charge in [0.1, 0.15) is 0 Å². The second-order valence-electron chi connectivity index (χ2n) is 6.10. The lowest BCUT2D eigenvalue weighted by Gasteiger charge is -2.27. The summed E-state index contributed by atoms with van der Waals surface area (Å²) in [7, 11) is 0. The molecule has 2 nitrogen and oxygen atoms in total. The number of aryl methyl sites for hydroxylation is 1. The standard InChI is InChI=1S/C17H23ClN2S/c1-13-6-5-9-15(16(13)18)19-17-20(10-11-21-17)12-14-7-3-2-4-8-14/h5-6,9,14H,2-4,7-8,10-12H2,1H3. The SMILES string of the molecule is Cc1cccc(N=C2SCCN2CC2CCCCC2)c1Cl. The van der Waals surface area contributed by atoms with Crippen LogP contribution in [0.25, 0.3) is 0 Å². The lowest BCUT2D eigenvalue weighted by atomic mass is 9.89. The monoisotopic (exact) mass is 322 g/mol. The van der Waals surface area contributed by atoms with Gasteiger partial charge in [-0.1, -0.05) is 54.8 Å². The van der Waals surface area contributed by atoms with E-state index >= 15 is 0 Å². The fraction of sp³-hybridized carbons (Fsp3) is 0.588. The molecule has 1 aromatic rings. The first kappa shape index (κ1) is 15.2. The van der Waals surface area contributed by atoms with E-state index < -0.39 is 0 Å². The van der Waals surface area contributed by atoms with Crippen molar-refractivity contribution in [3.05, 3.63) is 28.8 Å². The Kier molecular flexibility index (Phi) is 5.12. The molecule has 0 amide bonds. The van der Waals surface area contributed by atoms with E-state index in [1.165, 1.54) is 38.6 Å². The Bertz CT molecular complexity index is 524. The molecule has 0 bridgehead atoms. The number of nitrogens with zero attached hydrogens (tertiary/aromatic N) is 2. The minimum absolute atomic E-state index is 0.787. The molecule has 0 unspecified atom stereocenters. The van der Waals surface area contributed by atoms with Gasteiger partial charge in [0, 0.05) is 18.8 Å². The third kappa shape index (κ3) is 3.75. The third-order valence-electron chi connectivity index (χ3n) is 4.45. The van der Waals surface area contributed by atoms with Gasteiger partial charge < -0.3 is 4.90 Å². The Morgan fingerprint density at radius 2 is 2.10 bits per heavy atom. The quantitative estimate of drug-likeness (QED) is 0.753. The molecule has 0 aromatic heterocycles. The second-order valence-corrected chi connectivity index (χ2v) is 7.54. The van der Waals surface area contributed by atoms with Crippen molar-refractivity contribution in [2.45, 2.75) is 39.0 Å². The molecule has 1 aliphatic heterocycles. The summed E-state index contributed by atoms with van der Waals surface area (Å²) >= 11 is 8.24. The summed E-state index contributed by atoms with van der Waals surface area (Å²) in [6.07, 6.45) is 7.01. The second kappa shape index (κ2) is 7.06. The van der Waals surface area contributed by atoms with Crippen LogP contribution >= 0.6 is 23.4 Å². The molecule has 4 heteroatoms. The summed E-state index contributed by atoms with van der Waals surface area (Å²) in [5, 5.41) is 1.95. The number of aliphatic imine (C=N–C) groups is 1. The molecule has 0 N–H and O–H groups in total. The molecule has 1 aliphatic carbocycles. The molecule has 114 valence electrons. The van der Waals surface area contributed by atoms with Crippen molar-refractivity contribution in [2.24, 2.45) is 10.9 Å². The van der Waals surface area contributed by atoms with Crippen LogP contribution in [-0.4, -0.2) is 28.9 Å². The minimum atomic E-state index is 0.787. The van der Waals surface area contributed by atoms with Gasteiger partial charge in [0.05, 0.1) is 10.7 Å². The maximum atomic E-state index is 6.38. The van der Waals surface area contributed by atoms with Crippen molar-refractivity contribution in [1.82, 2.24) is 4.90 Å². The van der Waals surface area contributed by atoms with E-state index in [9.17, 15) is 0 Å². The Labute approximate surface area is 137 Å². The fourth-order valence-electron chi connectivity index (χ4n) is 3.21. The molecular weight excluding hydrogens is 300 g/mol. The Hall–Kier alpha value is -0.670. The zero-order chi connectivity index (χ0) is 14.7. The van der Waals surface area contributed by atoms with Gasteiger partial charge in [0.2, 0.25) is 0 Å². The molecule has 2 fully saturated rings. The summed E-state index contributed by atoms with van der Waals surface area (Å²) in [4.78, 5) is 7.31. The van der Waals surface area contributed by atoms with Crippen molar-refractivity contribution >= 4 is 34.2 Å². The molecule has 3 rings (SSSR count). The number of halogens is 1. The van der Waals surface area contributed by atoms with Crippen LogP contribution in [0.15, 0.2) is 23.2 Å². The maximum absolute atomic E-state index is 6.38. The van der Waals surface area contributed by atoms with E-state index in [1.807, 2.05) is 36.9 Å². The van der Waals surface area contributed by atoms with Gasteiger partial charge in [0.25, 0.3) is 0 Å². The highest BCUT2D eigenvalue weighted by Gasteiger charge is 2.24. The van der Waals surface area contributed by atoms with E-state index in [2.05, 4.69) is 4.90 Å². The van der Waals surface area contributed by atoms with Gasteiger partial charge in [-0.3, -0.25) is 0 Å². The Morgan fingerprint density at radius 1 is 1.29 bits per heavy atom. The molecule has 0 spiro atoms. The van der Waals surface area contributed by atoms with Crippen molar-refractivity contribution in [2.75, 3.05) is 18.8 Å². The first-order valence-corrected chi connectivity index (χ1v) is 9.32. The molecule has 1 saturated heterocycles. The molecular formula is C17H23ClN2S. The van der Waals surface area contributed by atoms with Crippen LogP contribution in [0.5, 0.6) is 0 Å². The van der Waals surface area contributed by atoms with Gasteiger partial charge in [-0.15, -0.1) is 0 Å². The van der Waals surface area contributed by atoms with Gasteiger partial charge in [0.15, 0.2) is 5.17 Å². The highest BCUT2D eigenvalue weighted by atomic mass is 35.5. The highest BCUT2D eigenvalue weighted by molar-refractivity contribution is 8.14. The topological polar surface area (TPSA) is 15.6 Å². The average molecular weight is 323 g/mol. The molecule has 2 aliphatic rings. The van der Waals surface area contributed by atoms with Crippen molar-refractivity contribution in [1.29, 1.82) is 0 Å². The Morgan fingerprint density at radius 3 is 2.90 bits per heavy atom. The lowest BCUT2D eigenvalue weighted by molar-refractivity contribution is 0.286. The predicted molar refractivity (Wildman–Crippen MR) is 93.9 cm³/mol. The van der Waals surface area contributed by atoms with Crippen LogP contribution in [0, 0.1) is 12.8 Å². The Balaban J connectivity index is 1.73. The number of amidine groups is 1. The van der Waals surface area contributed by atoms with Crippen molar-refractivity contribution in [3.8, 4) is 0 Å². The smallest absolute Gasteiger partial charge is 0.164 e. The van der Waals surface area contributed by atoms with E-state index in [4.69, 9.17) is 16.6 Å². The summed E-state index contributed by atoms with van der Waals surface area (Å²) in [5.74, 6) is 2.00. The van der Waals surface area contributed by atoms with Crippen LogP contribution in [0.3, 0.4) is 0 Å². The summed E-state index contributed by atoms with van der Waals surface area (Å²) < 4.78 is 0. The van der Waals surface area contributed by atoms with Gasteiger partial charge in [-0.05, 0) is 37.3 Å². The normalized spacial score (nSPS) is 22.2. The number of thioether (sulfide) groups is 1. The predicted octanol–water partition coefficient (Wildman–Crippen LogP) is 5.27. The zero-order valence-corrected chi connectivity index (χ0v) is 14.2. The van der Waals surface area contributed by atoms with Crippen LogP contribution < -0.4 is 0 Å². The fourth-order valence-corrected chi connectivity index (χ4v) is 4.38. The summed E-state index contributed by atoms with van der Waals surface area (Å²) in [6, 6.07) is 6.08. The van der Waals surface area contributed by atoms with Gasteiger partial charge in [-0.25, -0.2) is 4.99 Å². The summed E-state index contributed by atoms with van der Waals surface area (Å²) in [5.41, 5.74) is 2.01. The molecule has 0 atom stereocenters. The number of rotatable bonds is 3. The van der Waals surface area contributed by atoms with E-state index in [-0.39, 0.29) is 0 Å². The van der Waals surface area contributed by atoms with Gasteiger partial charge in [-0.2, -0.15) is 0 Å². The van der Waals surface area contributed by atoms with Crippen LogP contribution in [0.2, 0.25) is 5.02 Å². The maximum Gasteiger partial charge on any atom is 0.164 e. The minimum Gasteiger partial charge on any atom is -0.350 e. The molecule has 21 heavy (non-hydrogen) atoms. The summed E-state index contributed by atoms with van der Waals surface area (Å²) in [6.45, 7) is 4.34. The van der Waals surface area contributed by atoms with Crippen molar-refractivity contribution < 1.29 is 0 Å². The molecule has 0 radical (unpaired) electrons. The number of benzene rings is 1. The van der Waals surface area contributed by atoms with Gasteiger partial charge >= 0.3 is 0 Å². The third-order valence-corrected chi connectivity index (χ3v) is 5.94. The zero-order valence-electron chi connectivity index (χ0n) is 12.6. The molecule has 1 heterocycles. The average Bonchev–Trinajstić information content (AvgIpc) is 2.92. The van der Waals surface area contributed by atoms with E-state index in [0.717, 1.165) is 39.7 Å². The largest absolute Gasteiger partial charge is 0.350 e. The first-order chi connectivity index (χ1) is 10.2. The van der Waals surface area contributed by atoms with Crippen LogP contribution in [0.4, 0.5) is 5.69 Å². The van der Waals surface area contributed by atoms with E-state index in [0.29, 0.717) is 0 Å². The van der Waals surface area contributed by atoms with E-state index in [1.54, 1.807) is 0 Å². The highest BCUT2D eigenvalue weighted by Crippen LogP contribution is 2.32.